The fourth-order valence-corrected chi connectivity index (χ4v) is 1.87. The van der Waals surface area contributed by atoms with Gasteiger partial charge in [0.05, 0.1) is 23.5 Å². The minimum Gasteiger partial charge on any atom is -0.349 e. The van der Waals surface area contributed by atoms with E-state index in [9.17, 15) is 4.79 Å². The molecule has 6 heteroatoms. The first-order valence-corrected chi connectivity index (χ1v) is 5.90. The third kappa shape index (κ3) is 2.55. The van der Waals surface area contributed by atoms with E-state index < -0.39 is 0 Å². The number of rotatable bonds is 4. The zero-order valence-corrected chi connectivity index (χ0v) is 10.2. The molecule has 0 fully saturated rings. The van der Waals surface area contributed by atoms with E-state index in [4.69, 9.17) is 11.6 Å². The number of nitrogens with one attached hydrogen (secondary N) is 1. The van der Waals surface area contributed by atoms with Crippen molar-refractivity contribution in [2.24, 2.45) is 0 Å². The molecule has 0 aliphatic heterocycles. The van der Waals surface area contributed by atoms with E-state index in [1.165, 1.54) is 0 Å². The van der Waals surface area contributed by atoms with Crippen molar-refractivity contribution < 1.29 is 4.79 Å². The molecule has 5 nitrogen and oxygen atoms in total. The van der Waals surface area contributed by atoms with Gasteiger partial charge in [-0.2, -0.15) is 5.10 Å². The highest BCUT2D eigenvalue weighted by atomic mass is 35.5. The summed E-state index contributed by atoms with van der Waals surface area (Å²) in [6.07, 6.45) is 7.23. The van der Waals surface area contributed by atoms with Crippen molar-refractivity contribution in [2.45, 2.75) is 19.4 Å². The summed E-state index contributed by atoms with van der Waals surface area (Å²) in [7, 11) is 0. The predicted octanol–water partition coefficient (Wildman–Crippen LogP) is 1.48. The molecule has 0 aromatic carbocycles. The second-order valence-corrected chi connectivity index (χ2v) is 4.19. The molecule has 0 aliphatic carbocycles. The number of fused-ring (bicyclic) bond motifs is 1. The van der Waals surface area contributed by atoms with Crippen molar-refractivity contribution in [1.29, 1.82) is 0 Å². The molecular weight excluding hydrogens is 240 g/mol. The number of halogens is 1. The molecule has 2 heterocycles. The fourth-order valence-electron chi connectivity index (χ4n) is 1.55. The van der Waals surface area contributed by atoms with Gasteiger partial charge in [-0.3, -0.25) is 9.78 Å². The number of nitrogens with zero attached hydrogens (tertiary/aromatic N) is 3. The largest absolute Gasteiger partial charge is 0.349 e. The van der Waals surface area contributed by atoms with Gasteiger partial charge in [0, 0.05) is 24.3 Å². The summed E-state index contributed by atoms with van der Waals surface area (Å²) in [5, 5.41) is 6.95. The van der Waals surface area contributed by atoms with Crippen LogP contribution in [-0.2, 0) is 0 Å². The Labute approximate surface area is 104 Å². The van der Waals surface area contributed by atoms with Crippen LogP contribution >= 0.6 is 11.6 Å². The molecule has 1 amide bonds. The summed E-state index contributed by atoms with van der Waals surface area (Å²) < 4.78 is 1.62. The first-order valence-electron chi connectivity index (χ1n) is 5.36. The van der Waals surface area contributed by atoms with Crippen molar-refractivity contribution in [2.75, 3.05) is 5.88 Å². The molecule has 17 heavy (non-hydrogen) atoms. The monoisotopic (exact) mass is 252 g/mol. The van der Waals surface area contributed by atoms with Gasteiger partial charge in [0.25, 0.3) is 5.91 Å². The Morgan fingerprint density at radius 1 is 1.59 bits per heavy atom. The normalized spacial score (nSPS) is 12.6. The van der Waals surface area contributed by atoms with E-state index in [1.807, 2.05) is 6.92 Å². The van der Waals surface area contributed by atoms with Crippen molar-refractivity contribution >= 4 is 23.0 Å². The van der Waals surface area contributed by atoms with Crippen LogP contribution < -0.4 is 5.32 Å². The summed E-state index contributed by atoms with van der Waals surface area (Å²) in [6.45, 7) is 1.92. The highest BCUT2D eigenvalue weighted by Gasteiger charge is 2.14. The van der Waals surface area contributed by atoms with Crippen LogP contribution in [0, 0.1) is 0 Å². The van der Waals surface area contributed by atoms with E-state index in [0.717, 1.165) is 6.42 Å². The summed E-state index contributed by atoms with van der Waals surface area (Å²) >= 11 is 5.62. The molecule has 0 saturated carbocycles. The standard InChI is InChI=1S/C11H13ClN4O/c1-8(2-3-12)15-11(17)9-6-14-16-5-4-13-7-10(9)16/h4-8H,2-3H2,1H3,(H,15,17). The molecule has 0 radical (unpaired) electrons. The molecule has 0 spiro atoms. The second kappa shape index (κ2) is 5.14. The highest BCUT2D eigenvalue weighted by Crippen LogP contribution is 2.09. The predicted molar refractivity (Wildman–Crippen MR) is 65.3 cm³/mol. The van der Waals surface area contributed by atoms with Crippen LogP contribution in [0.25, 0.3) is 5.52 Å². The molecule has 0 aliphatic rings. The van der Waals surface area contributed by atoms with Crippen LogP contribution in [0.15, 0.2) is 24.8 Å². The van der Waals surface area contributed by atoms with Gasteiger partial charge in [-0.25, -0.2) is 4.52 Å². The van der Waals surface area contributed by atoms with Gasteiger partial charge in [0.1, 0.15) is 0 Å². The quantitative estimate of drug-likeness (QED) is 0.839. The molecule has 1 unspecified atom stereocenters. The van der Waals surface area contributed by atoms with Crippen LogP contribution in [0.2, 0.25) is 0 Å². The molecule has 0 bridgehead atoms. The minimum absolute atomic E-state index is 0.0478. The lowest BCUT2D eigenvalue weighted by Gasteiger charge is -2.11. The van der Waals surface area contributed by atoms with E-state index >= 15 is 0 Å². The van der Waals surface area contributed by atoms with Crippen LogP contribution in [0.4, 0.5) is 0 Å². The zero-order valence-electron chi connectivity index (χ0n) is 9.43. The van der Waals surface area contributed by atoms with Gasteiger partial charge in [0.2, 0.25) is 0 Å². The lowest BCUT2D eigenvalue weighted by Crippen LogP contribution is -2.32. The molecule has 1 N–H and O–H groups in total. The van der Waals surface area contributed by atoms with Gasteiger partial charge >= 0.3 is 0 Å². The van der Waals surface area contributed by atoms with Crippen molar-refractivity contribution in [3.8, 4) is 0 Å². The van der Waals surface area contributed by atoms with Crippen LogP contribution in [0.3, 0.4) is 0 Å². The Bertz CT molecular complexity index is 525. The Morgan fingerprint density at radius 3 is 3.18 bits per heavy atom. The molecule has 2 aromatic rings. The highest BCUT2D eigenvalue weighted by molar-refractivity contribution is 6.17. The smallest absolute Gasteiger partial charge is 0.255 e. The van der Waals surface area contributed by atoms with Crippen molar-refractivity contribution in [3.05, 3.63) is 30.4 Å². The Hall–Kier alpha value is -1.62. The first-order chi connectivity index (χ1) is 8.22. The second-order valence-electron chi connectivity index (χ2n) is 3.82. The van der Waals surface area contributed by atoms with Crippen molar-refractivity contribution in [3.63, 3.8) is 0 Å². The van der Waals surface area contributed by atoms with E-state index in [0.29, 0.717) is 17.0 Å². The van der Waals surface area contributed by atoms with Crippen LogP contribution in [0.1, 0.15) is 23.7 Å². The summed E-state index contributed by atoms with van der Waals surface area (Å²) in [5.74, 6) is 0.378. The molecule has 90 valence electrons. The van der Waals surface area contributed by atoms with E-state index in [1.54, 1.807) is 29.3 Å². The van der Waals surface area contributed by atoms with E-state index in [2.05, 4.69) is 15.4 Å². The van der Waals surface area contributed by atoms with Gasteiger partial charge in [-0.05, 0) is 13.3 Å². The van der Waals surface area contributed by atoms with Crippen molar-refractivity contribution in [1.82, 2.24) is 19.9 Å². The molecule has 1 atom stereocenters. The van der Waals surface area contributed by atoms with Crippen LogP contribution in [0.5, 0.6) is 0 Å². The number of aromatic nitrogens is 3. The topological polar surface area (TPSA) is 59.3 Å². The number of hydrogen-bond acceptors (Lipinski definition) is 3. The van der Waals surface area contributed by atoms with Gasteiger partial charge in [0.15, 0.2) is 0 Å². The summed E-state index contributed by atoms with van der Waals surface area (Å²) in [6, 6.07) is 0.0478. The molecule has 0 saturated heterocycles. The summed E-state index contributed by atoms with van der Waals surface area (Å²) in [5.41, 5.74) is 1.22. The zero-order chi connectivity index (χ0) is 12.3. The van der Waals surface area contributed by atoms with E-state index in [-0.39, 0.29) is 11.9 Å². The molecular formula is C11H13ClN4O. The number of carbonyl (C=O) groups is 1. The number of amides is 1. The maximum Gasteiger partial charge on any atom is 0.255 e. The Kier molecular flexibility index (Phi) is 3.58. The van der Waals surface area contributed by atoms with Gasteiger partial charge in [-0.15, -0.1) is 11.6 Å². The Morgan fingerprint density at radius 2 is 2.41 bits per heavy atom. The lowest BCUT2D eigenvalue weighted by atomic mass is 10.2. The maximum atomic E-state index is 12.0. The number of carbonyl (C=O) groups excluding carboxylic acids is 1. The van der Waals surface area contributed by atoms with Crippen LogP contribution in [-0.4, -0.2) is 32.4 Å². The average molecular weight is 253 g/mol. The number of alkyl halides is 1. The SMILES string of the molecule is CC(CCCl)NC(=O)c1cnn2ccncc12. The number of hydrogen-bond donors (Lipinski definition) is 1. The fraction of sp³-hybridized carbons (Fsp3) is 0.364. The average Bonchev–Trinajstić information content (AvgIpc) is 2.72. The summed E-state index contributed by atoms with van der Waals surface area (Å²) in [4.78, 5) is 16.0. The third-order valence-corrected chi connectivity index (χ3v) is 2.71. The van der Waals surface area contributed by atoms with Gasteiger partial charge in [-0.1, -0.05) is 0 Å². The third-order valence-electron chi connectivity index (χ3n) is 2.49. The van der Waals surface area contributed by atoms with Gasteiger partial charge < -0.3 is 5.32 Å². The molecule has 2 rings (SSSR count). The molecule has 2 aromatic heterocycles. The first kappa shape index (κ1) is 11.9. The lowest BCUT2D eigenvalue weighted by molar-refractivity contribution is 0.0941. The maximum absolute atomic E-state index is 12.0. The Balaban J connectivity index is 2.19. The minimum atomic E-state index is -0.148.